The number of carboxylic acid groups (broad SMARTS) is 1. The van der Waals surface area contributed by atoms with Crippen LogP contribution in [0.2, 0.25) is 0 Å². The lowest BCUT2D eigenvalue weighted by molar-refractivity contribution is -0.287. The van der Waals surface area contributed by atoms with Crippen molar-refractivity contribution in [3.05, 3.63) is 23.8 Å². The highest BCUT2D eigenvalue weighted by molar-refractivity contribution is 5.71. The molecule has 2 heterocycles. The maximum absolute atomic E-state index is 13.0. The number of fused-ring (bicyclic) bond motifs is 1. The molecule has 7 heteroatoms. The Labute approximate surface area is 107 Å². The third-order valence-electron chi connectivity index (χ3n) is 3.31. The van der Waals surface area contributed by atoms with Crippen molar-refractivity contribution >= 4 is 5.97 Å². The molecule has 5 nitrogen and oxygen atoms in total. The van der Waals surface area contributed by atoms with Gasteiger partial charge in [-0.15, -0.1) is 8.78 Å². The largest absolute Gasteiger partial charge is 0.586 e. The monoisotopic (exact) mass is 271 g/mol. The van der Waals surface area contributed by atoms with E-state index >= 15 is 0 Å². The number of alkyl halides is 2. The summed E-state index contributed by atoms with van der Waals surface area (Å²) in [6.45, 7) is 0.306. The van der Waals surface area contributed by atoms with Crippen molar-refractivity contribution in [2.45, 2.75) is 18.8 Å². The fourth-order valence-electron chi connectivity index (χ4n) is 2.43. The van der Waals surface area contributed by atoms with E-state index in [0.717, 1.165) is 0 Å². The molecule has 0 aromatic heterocycles. The molecule has 0 saturated carbocycles. The fourth-order valence-corrected chi connectivity index (χ4v) is 2.43. The van der Waals surface area contributed by atoms with Gasteiger partial charge in [0.05, 0.1) is 5.92 Å². The molecule has 1 aromatic rings. The molecule has 2 atom stereocenters. The lowest BCUT2D eigenvalue weighted by atomic mass is 9.99. The zero-order chi connectivity index (χ0) is 13.6. The smallest absolute Gasteiger partial charge is 0.481 e. The number of para-hydroxylation sites is 1. The van der Waals surface area contributed by atoms with E-state index in [1.54, 1.807) is 12.1 Å². The molecule has 0 radical (unpaired) electrons. The van der Waals surface area contributed by atoms with Crippen molar-refractivity contribution in [1.82, 2.24) is 5.32 Å². The molecule has 1 aromatic carbocycles. The summed E-state index contributed by atoms with van der Waals surface area (Å²) in [5, 5.41) is 11.9. The van der Waals surface area contributed by atoms with Gasteiger partial charge in [0.15, 0.2) is 11.5 Å². The molecule has 0 aliphatic carbocycles. The topological polar surface area (TPSA) is 67.8 Å². The molecule has 2 aliphatic heterocycles. The lowest BCUT2D eigenvalue weighted by Crippen LogP contribution is -2.26. The molecule has 0 amide bonds. The van der Waals surface area contributed by atoms with Gasteiger partial charge in [-0.2, -0.15) is 0 Å². The quantitative estimate of drug-likeness (QED) is 0.857. The molecule has 2 unspecified atom stereocenters. The Morgan fingerprint density at radius 2 is 2.21 bits per heavy atom. The van der Waals surface area contributed by atoms with Gasteiger partial charge >= 0.3 is 12.3 Å². The molecular formula is C12H11F2NO4. The van der Waals surface area contributed by atoms with Crippen LogP contribution in [0.3, 0.4) is 0 Å². The Hall–Kier alpha value is -1.89. The molecule has 2 N–H and O–H groups in total. The average molecular weight is 271 g/mol. The normalized spacial score (nSPS) is 27.5. The lowest BCUT2D eigenvalue weighted by Gasteiger charge is -2.13. The van der Waals surface area contributed by atoms with Crippen molar-refractivity contribution in [1.29, 1.82) is 0 Å². The van der Waals surface area contributed by atoms with E-state index in [1.807, 2.05) is 0 Å². The Morgan fingerprint density at radius 1 is 1.42 bits per heavy atom. The van der Waals surface area contributed by atoms with Gasteiger partial charge in [-0.3, -0.25) is 4.79 Å². The van der Waals surface area contributed by atoms with Crippen LogP contribution in [0.4, 0.5) is 8.78 Å². The van der Waals surface area contributed by atoms with E-state index in [4.69, 9.17) is 5.11 Å². The summed E-state index contributed by atoms with van der Waals surface area (Å²) < 4.78 is 35.0. The van der Waals surface area contributed by atoms with E-state index in [2.05, 4.69) is 14.8 Å². The molecule has 3 rings (SSSR count). The van der Waals surface area contributed by atoms with Crippen LogP contribution in [0.15, 0.2) is 18.2 Å². The number of carboxylic acids is 1. The summed E-state index contributed by atoms with van der Waals surface area (Å²) in [6, 6.07) is 4.28. The number of benzene rings is 1. The highest BCUT2D eigenvalue weighted by Gasteiger charge is 2.45. The van der Waals surface area contributed by atoms with Crippen LogP contribution in [-0.2, 0) is 4.79 Å². The molecule has 102 valence electrons. The first-order chi connectivity index (χ1) is 8.96. The number of carbonyl (C=O) groups is 1. The highest BCUT2D eigenvalue weighted by atomic mass is 19.3. The standard InChI is InChI=1S/C12H11F2NO4/c13-12(14)18-9-3-1-2-7(10(9)19-12)8-4-6(5-15-8)11(16)17/h1-3,6,8,15H,4-5H2,(H,16,17). The minimum Gasteiger partial charge on any atom is -0.481 e. The maximum atomic E-state index is 13.0. The number of ether oxygens (including phenoxy) is 2. The fraction of sp³-hybridized carbons (Fsp3) is 0.417. The van der Waals surface area contributed by atoms with E-state index < -0.39 is 18.2 Å². The summed E-state index contributed by atoms with van der Waals surface area (Å²) >= 11 is 0. The minimum atomic E-state index is -3.66. The van der Waals surface area contributed by atoms with Crippen molar-refractivity contribution in [2.24, 2.45) is 5.92 Å². The summed E-state index contributed by atoms with van der Waals surface area (Å²) in [4.78, 5) is 10.9. The first-order valence-electron chi connectivity index (χ1n) is 5.81. The van der Waals surface area contributed by atoms with Crippen molar-refractivity contribution < 1.29 is 28.2 Å². The SMILES string of the molecule is O=C(O)C1CNC(c2cccc3c2OC(F)(F)O3)C1. The Bertz CT molecular complexity index is 534. The van der Waals surface area contributed by atoms with Crippen molar-refractivity contribution in [2.75, 3.05) is 6.54 Å². The van der Waals surface area contributed by atoms with Gasteiger partial charge in [0.25, 0.3) is 0 Å². The summed E-state index contributed by atoms with van der Waals surface area (Å²) in [6.07, 6.45) is -3.33. The first kappa shape index (κ1) is 12.2. The van der Waals surface area contributed by atoms with Gasteiger partial charge in [0.1, 0.15) is 0 Å². The average Bonchev–Trinajstić information content (AvgIpc) is 2.90. The number of halogens is 2. The Kier molecular flexibility index (Phi) is 2.60. The third-order valence-corrected chi connectivity index (χ3v) is 3.31. The van der Waals surface area contributed by atoms with E-state index in [0.29, 0.717) is 18.5 Å². The second-order valence-corrected chi connectivity index (χ2v) is 4.57. The number of nitrogens with one attached hydrogen (secondary N) is 1. The predicted molar refractivity (Wildman–Crippen MR) is 59.1 cm³/mol. The summed E-state index contributed by atoms with van der Waals surface area (Å²) in [5.41, 5.74) is 0.499. The van der Waals surface area contributed by atoms with E-state index in [-0.39, 0.29) is 17.5 Å². The summed E-state index contributed by atoms with van der Waals surface area (Å²) in [7, 11) is 0. The van der Waals surface area contributed by atoms with Crippen LogP contribution in [0.5, 0.6) is 11.5 Å². The molecule has 2 aliphatic rings. The van der Waals surface area contributed by atoms with Crippen LogP contribution >= 0.6 is 0 Å². The summed E-state index contributed by atoms with van der Waals surface area (Å²) in [5.74, 6) is -1.46. The van der Waals surface area contributed by atoms with E-state index in [1.165, 1.54) is 6.07 Å². The number of hydrogen-bond acceptors (Lipinski definition) is 4. The van der Waals surface area contributed by atoms with Crippen LogP contribution < -0.4 is 14.8 Å². The van der Waals surface area contributed by atoms with Crippen LogP contribution in [0.25, 0.3) is 0 Å². The highest BCUT2D eigenvalue weighted by Crippen LogP contribution is 2.46. The van der Waals surface area contributed by atoms with Gasteiger partial charge < -0.3 is 19.9 Å². The van der Waals surface area contributed by atoms with Crippen molar-refractivity contribution in [3.63, 3.8) is 0 Å². The molecule has 19 heavy (non-hydrogen) atoms. The van der Waals surface area contributed by atoms with Crippen LogP contribution in [-0.4, -0.2) is 23.9 Å². The minimum absolute atomic E-state index is 0.0176. The molecule has 1 saturated heterocycles. The van der Waals surface area contributed by atoms with Crippen LogP contribution in [0, 0.1) is 5.92 Å². The van der Waals surface area contributed by atoms with Gasteiger partial charge in [0, 0.05) is 18.2 Å². The molecular weight excluding hydrogens is 260 g/mol. The Balaban J connectivity index is 1.88. The predicted octanol–water partition coefficient (Wildman–Crippen LogP) is 1.74. The maximum Gasteiger partial charge on any atom is 0.586 e. The van der Waals surface area contributed by atoms with E-state index in [9.17, 15) is 13.6 Å². The molecule has 0 spiro atoms. The van der Waals surface area contributed by atoms with Gasteiger partial charge in [0.2, 0.25) is 0 Å². The van der Waals surface area contributed by atoms with Gasteiger partial charge in [-0.1, -0.05) is 12.1 Å². The Morgan fingerprint density at radius 3 is 2.89 bits per heavy atom. The second-order valence-electron chi connectivity index (χ2n) is 4.57. The zero-order valence-corrected chi connectivity index (χ0v) is 9.73. The first-order valence-corrected chi connectivity index (χ1v) is 5.81. The second kappa shape index (κ2) is 4.06. The zero-order valence-electron chi connectivity index (χ0n) is 9.73. The third kappa shape index (κ3) is 2.10. The van der Waals surface area contributed by atoms with Crippen molar-refractivity contribution in [3.8, 4) is 11.5 Å². The molecule has 1 fully saturated rings. The number of aliphatic carboxylic acids is 1. The van der Waals surface area contributed by atoms with Gasteiger partial charge in [-0.05, 0) is 12.5 Å². The number of hydrogen-bond donors (Lipinski definition) is 2. The van der Waals surface area contributed by atoms with Crippen LogP contribution in [0.1, 0.15) is 18.0 Å². The molecule has 0 bridgehead atoms. The van der Waals surface area contributed by atoms with Gasteiger partial charge in [-0.25, -0.2) is 0 Å². The number of rotatable bonds is 2.